The maximum absolute atomic E-state index is 12.7. The third-order valence-corrected chi connectivity index (χ3v) is 6.19. The first-order chi connectivity index (χ1) is 16.2. The van der Waals surface area contributed by atoms with Gasteiger partial charge in [-0.3, -0.25) is 9.79 Å². The van der Waals surface area contributed by atoms with Crippen molar-refractivity contribution in [2.24, 2.45) is 4.99 Å². The van der Waals surface area contributed by atoms with Gasteiger partial charge < -0.3 is 5.32 Å². The molecule has 2 heterocycles. The molecule has 33 heavy (non-hydrogen) atoms. The molecule has 1 saturated heterocycles. The van der Waals surface area contributed by atoms with Crippen LogP contribution in [0, 0.1) is 6.92 Å². The van der Waals surface area contributed by atoms with Crippen LogP contribution >= 0.6 is 11.8 Å². The van der Waals surface area contributed by atoms with Crippen LogP contribution in [0.3, 0.4) is 0 Å². The number of para-hydroxylation sites is 1. The Balaban J connectivity index is 1.49. The minimum absolute atomic E-state index is 0.144. The molecule has 0 saturated carbocycles. The number of thioether (sulfide) groups is 1. The van der Waals surface area contributed by atoms with Gasteiger partial charge in [0.25, 0.3) is 5.91 Å². The van der Waals surface area contributed by atoms with Gasteiger partial charge in [0.05, 0.1) is 22.8 Å². The SMILES string of the molecule is Cc1cccc(-c2nn(-c3ccccc3)cc2C=C2SC(=NCc3ccccc3)NC2=O)c1. The smallest absolute Gasteiger partial charge is 0.264 e. The molecule has 1 fully saturated rings. The number of aromatic nitrogens is 2. The Morgan fingerprint density at radius 2 is 1.76 bits per heavy atom. The quantitative estimate of drug-likeness (QED) is 0.402. The first-order valence-corrected chi connectivity index (χ1v) is 11.5. The lowest BCUT2D eigenvalue weighted by atomic mass is 10.1. The molecule has 162 valence electrons. The maximum Gasteiger partial charge on any atom is 0.264 e. The van der Waals surface area contributed by atoms with Crippen LogP contribution in [0.1, 0.15) is 16.7 Å². The minimum atomic E-state index is -0.144. The van der Waals surface area contributed by atoms with E-state index >= 15 is 0 Å². The van der Waals surface area contributed by atoms with Crippen molar-refractivity contribution in [2.45, 2.75) is 13.5 Å². The summed E-state index contributed by atoms with van der Waals surface area (Å²) in [5.74, 6) is -0.144. The van der Waals surface area contributed by atoms with Crippen molar-refractivity contribution in [3.05, 3.63) is 113 Å². The summed E-state index contributed by atoms with van der Waals surface area (Å²) in [6.45, 7) is 2.59. The normalized spacial score (nSPS) is 15.8. The van der Waals surface area contributed by atoms with E-state index in [1.807, 2.05) is 89.8 Å². The summed E-state index contributed by atoms with van der Waals surface area (Å²) in [5, 5.41) is 8.35. The molecule has 3 aromatic carbocycles. The summed E-state index contributed by atoms with van der Waals surface area (Å²) in [6, 6.07) is 28.2. The number of benzene rings is 3. The highest BCUT2D eigenvalue weighted by atomic mass is 32.2. The summed E-state index contributed by atoms with van der Waals surface area (Å²) in [4.78, 5) is 17.8. The zero-order valence-electron chi connectivity index (χ0n) is 18.1. The van der Waals surface area contributed by atoms with Crippen molar-refractivity contribution >= 4 is 28.9 Å². The lowest BCUT2D eigenvalue weighted by Crippen LogP contribution is -2.19. The number of hydrogen-bond donors (Lipinski definition) is 1. The molecule has 6 heteroatoms. The van der Waals surface area contributed by atoms with Crippen LogP contribution in [-0.4, -0.2) is 20.9 Å². The lowest BCUT2D eigenvalue weighted by Gasteiger charge is -2.02. The molecule has 0 unspecified atom stereocenters. The minimum Gasteiger partial charge on any atom is -0.301 e. The number of carbonyl (C=O) groups is 1. The van der Waals surface area contributed by atoms with E-state index in [1.54, 1.807) is 0 Å². The summed E-state index contributed by atoms with van der Waals surface area (Å²) in [6.07, 6.45) is 3.86. The van der Waals surface area contributed by atoms with Gasteiger partial charge in [-0.25, -0.2) is 4.68 Å². The van der Waals surface area contributed by atoms with Crippen molar-refractivity contribution in [1.82, 2.24) is 15.1 Å². The van der Waals surface area contributed by atoms with Crippen molar-refractivity contribution in [3.63, 3.8) is 0 Å². The summed E-state index contributed by atoms with van der Waals surface area (Å²) >= 11 is 1.36. The molecule has 1 amide bonds. The van der Waals surface area contributed by atoms with Gasteiger partial charge in [-0.15, -0.1) is 0 Å². The summed E-state index contributed by atoms with van der Waals surface area (Å²) in [5.41, 5.74) is 5.94. The Bertz CT molecular complexity index is 1360. The second kappa shape index (κ2) is 9.30. The third kappa shape index (κ3) is 4.81. The van der Waals surface area contributed by atoms with Crippen molar-refractivity contribution < 1.29 is 4.79 Å². The van der Waals surface area contributed by atoms with Crippen LogP contribution in [0.5, 0.6) is 0 Å². The molecule has 1 N–H and O–H groups in total. The van der Waals surface area contributed by atoms with E-state index in [-0.39, 0.29) is 5.91 Å². The fraction of sp³-hybridized carbons (Fsp3) is 0.0741. The standard InChI is InChI=1S/C27H22N4OS/c1-19-9-8-12-21(15-19)25-22(18-31(30-25)23-13-6-3-7-14-23)16-24-26(32)29-27(33-24)28-17-20-10-4-2-5-11-20/h2-16,18H,17H2,1H3,(H,28,29,32). The average molecular weight is 451 g/mol. The Morgan fingerprint density at radius 3 is 2.52 bits per heavy atom. The van der Waals surface area contributed by atoms with Gasteiger partial charge in [0, 0.05) is 17.3 Å². The van der Waals surface area contributed by atoms with E-state index in [0.717, 1.165) is 33.6 Å². The van der Waals surface area contributed by atoms with E-state index in [1.165, 1.54) is 11.8 Å². The van der Waals surface area contributed by atoms with Gasteiger partial charge in [-0.05, 0) is 48.5 Å². The highest BCUT2D eigenvalue weighted by Crippen LogP contribution is 2.31. The molecule has 0 atom stereocenters. The number of rotatable bonds is 5. The molecule has 1 aliphatic rings. The number of amidine groups is 1. The highest BCUT2D eigenvalue weighted by molar-refractivity contribution is 8.18. The zero-order chi connectivity index (χ0) is 22.6. The average Bonchev–Trinajstić information content (AvgIpc) is 3.42. The van der Waals surface area contributed by atoms with Gasteiger partial charge in [-0.1, -0.05) is 72.3 Å². The Labute approximate surface area is 196 Å². The molecule has 4 aromatic rings. The van der Waals surface area contributed by atoms with Crippen LogP contribution < -0.4 is 5.32 Å². The third-order valence-electron chi connectivity index (χ3n) is 5.24. The van der Waals surface area contributed by atoms with Crippen molar-refractivity contribution in [1.29, 1.82) is 0 Å². The first-order valence-electron chi connectivity index (χ1n) is 10.7. The largest absolute Gasteiger partial charge is 0.301 e. The number of aryl methyl sites for hydroxylation is 1. The van der Waals surface area contributed by atoms with Gasteiger partial charge in [0.1, 0.15) is 0 Å². The monoisotopic (exact) mass is 450 g/mol. The van der Waals surface area contributed by atoms with Crippen molar-refractivity contribution in [3.8, 4) is 16.9 Å². The fourth-order valence-electron chi connectivity index (χ4n) is 3.61. The van der Waals surface area contributed by atoms with E-state index in [9.17, 15) is 4.79 Å². The van der Waals surface area contributed by atoms with Gasteiger partial charge >= 0.3 is 0 Å². The molecule has 5 rings (SSSR count). The van der Waals surface area contributed by atoms with E-state index < -0.39 is 0 Å². The van der Waals surface area contributed by atoms with Crippen LogP contribution in [0.25, 0.3) is 23.0 Å². The number of aliphatic imine (C=N–C) groups is 1. The molecule has 0 radical (unpaired) electrons. The molecule has 0 aliphatic carbocycles. The van der Waals surface area contributed by atoms with Crippen LogP contribution in [-0.2, 0) is 11.3 Å². The van der Waals surface area contributed by atoms with Crippen molar-refractivity contribution in [2.75, 3.05) is 0 Å². The molecule has 5 nitrogen and oxygen atoms in total. The molecule has 0 bridgehead atoms. The molecule has 1 aromatic heterocycles. The second-order valence-corrected chi connectivity index (χ2v) is 8.79. The topological polar surface area (TPSA) is 59.3 Å². The molecule has 0 spiro atoms. The van der Waals surface area contributed by atoms with Gasteiger partial charge in [0.2, 0.25) is 0 Å². The number of nitrogens with zero attached hydrogens (tertiary/aromatic N) is 3. The summed E-state index contributed by atoms with van der Waals surface area (Å²) in [7, 11) is 0. The molecular weight excluding hydrogens is 428 g/mol. The number of amides is 1. The Morgan fingerprint density at radius 1 is 1.00 bits per heavy atom. The Hall–Kier alpha value is -3.90. The Kier molecular flexibility index (Phi) is 5.91. The highest BCUT2D eigenvalue weighted by Gasteiger charge is 2.24. The van der Waals surface area contributed by atoms with E-state index in [2.05, 4.69) is 29.4 Å². The second-order valence-electron chi connectivity index (χ2n) is 7.75. The number of hydrogen-bond acceptors (Lipinski definition) is 4. The first kappa shape index (κ1) is 21.0. The summed E-state index contributed by atoms with van der Waals surface area (Å²) < 4.78 is 1.85. The predicted octanol–water partition coefficient (Wildman–Crippen LogP) is 5.61. The lowest BCUT2D eigenvalue weighted by molar-refractivity contribution is -0.115. The molecule has 1 aliphatic heterocycles. The zero-order valence-corrected chi connectivity index (χ0v) is 18.9. The van der Waals surface area contributed by atoms with E-state index in [0.29, 0.717) is 16.6 Å². The number of nitrogens with one attached hydrogen (secondary N) is 1. The van der Waals surface area contributed by atoms with Crippen LogP contribution in [0.15, 0.2) is 101 Å². The van der Waals surface area contributed by atoms with E-state index in [4.69, 9.17) is 5.10 Å². The van der Waals surface area contributed by atoms with Crippen LogP contribution in [0.4, 0.5) is 0 Å². The fourth-order valence-corrected chi connectivity index (χ4v) is 4.42. The van der Waals surface area contributed by atoms with Gasteiger partial charge in [0.15, 0.2) is 5.17 Å². The predicted molar refractivity (Wildman–Crippen MR) is 135 cm³/mol. The molecular formula is C27H22N4OS. The maximum atomic E-state index is 12.7. The van der Waals surface area contributed by atoms with Crippen LogP contribution in [0.2, 0.25) is 0 Å². The number of carbonyl (C=O) groups excluding carboxylic acids is 1. The van der Waals surface area contributed by atoms with Gasteiger partial charge in [-0.2, -0.15) is 5.10 Å².